The first-order valence-electron chi connectivity index (χ1n) is 5.76. The molecule has 1 aliphatic heterocycles. The fraction of sp³-hybridized carbons (Fsp3) is 0.750. The summed E-state index contributed by atoms with van der Waals surface area (Å²) < 4.78 is 0. The molecule has 0 saturated carbocycles. The molecular weight excluding hydrogens is 188 g/mol. The molecule has 1 fully saturated rings. The summed E-state index contributed by atoms with van der Waals surface area (Å²) in [5.41, 5.74) is 0. The van der Waals surface area contributed by atoms with Crippen LogP contribution in [-0.4, -0.2) is 36.5 Å². The summed E-state index contributed by atoms with van der Waals surface area (Å²) in [6.07, 6.45) is 9.63. The lowest BCUT2D eigenvalue weighted by Gasteiger charge is -2.23. The van der Waals surface area contributed by atoms with Gasteiger partial charge in [0.15, 0.2) is 0 Å². The van der Waals surface area contributed by atoms with Crippen LogP contribution in [0.4, 0.5) is 0 Å². The molecule has 0 bridgehead atoms. The molecule has 0 aromatic carbocycles. The van der Waals surface area contributed by atoms with E-state index in [2.05, 4.69) is 18.2 Å². The van der Waals surface area contributed by atoms with E-state index in [-0.39, 0.29) is 5.91 Å². The van der Waals surface area contributed by atoms with Gasteiger partial charge in [-0.05, 0) is 31.7 Å². The molecule has 84 valence electrons. The van der Waals surface area contributed by atoms with E-state index in [1.54, 1.807) is 4.90 Å². The molecule has 3 nitrogen and oxygen atoms in total. The average molecular weight is 208 g/mol. The molecule has 1 saturated heterocycles. The molecule has 1 aliphatic rings. The van der Waals surface area contributed by atoms with Gasteiger partial charge in [0.1, 0.15) is 0 Å². The minimum absolute atomic E-state index is 0.169. The molecule has 0 aliphatic carbocycles. The first-order chi connectivity index (χ1) is 7.27. The molecule has 0 radical (unpaired) electrons. The molecule has 1 rings (SSSR count). The molecule has 0 spiro atoms. The molecule has 1 atom stereocenters. The lowest BCUT2D eigenvalue weighted by atomic mass is 10.2. The van der Waals surface area contributed by atoms with Crippen LogP contribution >= 0.6 is 0 Å². The third-order valence-corrected chi connectivity index (χ3v) is 2.80. The van der Waals surface area contributed by atoms with Crippen molar-refractivity contribution in [1.82, 2.24) is 10.2 Å². The summed E-state index contributed by atoms with van der Waals surface area (Å²) in [5, 5.41) is 3.38. The Morgan fingerprint density at radius 1 is 1.67 bits per heavy atom. The summed E-state index contributed by atoms with van der Waals surface area (Å²) >= 11 is 0. The lowest BCUT2D eigenvalue weighted by molar-refractivity contribution is -0.125. The van der Waals surface area contributed by atoms with Gasteiger partial charge in [-0.1, -0.05) is 13.3 Å². The molecule has 1 amide bonds. The maximum absolute atomic E-state index is 11.5. The Hall–Kier alpha value is -1.01. The number of hydrogen-bond donors (Lipinski definition) is 1. The molecular formula is C12H20N2O. The number of carbonyl (C=O) groups is 1. The van der Waals surface area contributed by atoms with Crippen molar-refractivity contribution >= 4 is 5.91 Å². The van der Waals surface area contributed by atoms with E-state index in [4.69, 9.17) is 6.42 Å². The van der Waals surface area contributed by atoms with Gasteiger partial charge in [0, 0.05) is 19.1 Å². The smallest absolute Gasteiger partial charge is 0.298 e. The van der Waals surface area contributed by atoms with Gasteiger partial charge in [-0.3, -0.25) is 4.79 Å². The second-order valence-corrected chi connectivity index (χ2v) is 4.04. The van der Waals surface area contributed by atoms with Crippen LogP contribution in [0.3, 0.4) is 0 Å². The Morgan fingerprint density at radius 3 is 3.00 bits per heavy atom. The second-order valence-electron chi connectivity index (χ2n) is 4.04. The van der Waals surface area contributed by atoms with Crippen LogP contribution in [0.25, 0.3) is 0 Å². The van der Waals surface area contributed by atoms with Crippen LogP contribution < -0.4 is 5.32 Å². The zero-order valence-electron chi connectivity index (χ0n) is 9.46. The van der Waals surface area contributed by atoms with Crippen LogP contribution in [0, 0.1) is 12.3 Å². The molecule has 1 N–H and O–H groups in total. The number of unbranched alkanes of at least 4 members (excludes halogenated alkanes) is 1. The van der Waals surface area contributed by atoms with Gasteiger partial charge in [0.25, 0.3) is 5.91 Å². The van der Waals surface area contributed by atoms with Crippen molar-refractivity contribution < 1.29 is 4.79 Å². The average Bonchev–Trinajstić information content (AvgIpc) is 2.75. The summed E-state index contributed by atoms with van der Waals surface area (Å²) in [7, 11) is 0. The van der Waals surface area contributed by atoms with Crippen LogP contribution in [0.5, 0.6) is 0 Å². The van der Waals surface area contributed by atoms with Crippen molar-refractivity contribution in [3.63, 3.8) is 0 Å². The van der Waals surface area contributed by atoms with Gasteiger partial charge >= 0.3 is 0 Å². The number of rotatable bonds is 5. The maximum atomic E-state index is 11.5. The van der Waals surface area contributed by atoms with Crippen LogP contribution in [0.2, 0.25) is 0 Å². The minimum atomic E-state index is -0.169. The van der Waals surface area contributed by atoms with E-state index in [9.17, 15) is 4.79 Å². The van der Waals surface area contributed by atoms with E-state index in [0.29, 0.717) is 6.04 Å². The highest BCUT2D eigenvalue weighted by molar-refractivity contribution is 5.92. The highest BCUT2D eigenvalue weighted by Crippen LogP contribution is 2.07. The summed E-state index contributed by atoms with van der Waals surface area (Å²) in [5.74, 6) is 2.04. The van der Waals surface area contributed by atoms with Crippen LogP contribution in [-0.2, 0) is 4.79 Å². The molecule has 0 aromatic heterocycles. The first-order valence-corrected chi connectivity index (χ1v) is 5.76. The van der Waals surface area contributed by atoms with Crippen molar-refractivity contribution in [2.24, 2.45) is 0 Å². The van der Waals surface area contributed by atoms with E-state index in [0.717, 1.165) is 38.9 Å². The quantitative estimate of drug-likeness (QED) is 0.684. The highest BCUT2D eigenvalue weighted by Gasteiger charge is 2.19. The van der Waals surface area contributed by atoms with Crippen molar-refractivity contribution in [3.8, 4) is 12.3 Å². The number of nitrogens with zero attached hydrogens (tertiary/aromatic N) is 1. The van der Waals surface area contributed by atoms with Gasteiger partial charge in [0.2, 0.25) is 0 Å². The monoisotopic (exact) mass is 208 g/mol. The third-order valence-electron chi connectivity index (χ3n) is 2.80. The predicted molar refractivity (Wildman–Crippen MR) is 61.3 cm³/mol. The highest BCUT2D eigenvalue weighted by atomic mass is 16.2. The van der Waals surface area contributed by atoms with Crippen LogP contribution in [0.15, 0.2) is 0 Å². The number of nitrogens with one attached hydrogen (secondary N) is 1. The number of carbonyl (C=O) groups excluding carboxylic acids is 1. The largest absolute Gasteiger partial charge is 0.330 e. The van der Waals surface area contributed by atoms with Gasteiger partial charge in [-0.25, -0.2) is 0 Å². The van der Waals surface area contributed by atoms with Crippen molar-refractivity contribution in [1.29, 1.82) is 0 Å². The topological polar surface area (TPSA) is 32.3 Å². The Morgan fingerprint density at radius 2 is 2.47 bits per heavy atom. The van der Waals surface area contributed by atoms with Crippen LogP contribution in [0.1, 0.15) is 32.6 Å². The predicted octanol–water partition coefficient (Wildman–Crippen LogP) is 1.00. The fourth-order valence-corrected chi connectivity index (χ4v) is 1.89. The standard InChI is InChI=1S/C12H20N2O/c1-3-5-9-14(12(15)4-2)10-11-7-6-8-13-11/h2,11,13H,3,5-10H2,1H3. The van der Waals surface area contributed by atoms with E-state index in [1.807, 2.05) is 0 Å². The van der Waals surface area contributed by atoms with E-state index in [1.165, 1.54) is 6.42 Å². The number of terminal acetylenes is 1. The second kappa shape index (κ2) is 6.47. The zero-order valence-corrected chi connectivity index (χ0v) is 9.46. The van der Waals surface area contributed by atoms with Crippen molar-refractivity contribution in [2.45, 2.75) is 38.6 Å². The number of hydrogen-bond acceptors (Lipinski definition) is 2. The SMILES string of the molecule is C#CC(=O)N(CCCC)CC1CCCN1. The minimum Gasteiger partial charge on any atom is -0.330 e. The van der Waals surface area contributed by atoms with Gasteiger partial charge < -0.3 is 10.2 Å². The normalized spacial score (nSPS) is 19.9. The molecule has 1 unspecified atom stereocenters. The van der Waals surface area contributed by atoms with E-state index >= 15 is 0 Å². The lowest BCUT2D eigenvalue weighted by Crippen LogP contribution is -2.41. The van der Waals surface area contributed by atoms with Gasteiger partial charge in [0.05, 0.1) is 0 Å². The summed E-state index contributed by atoms with van der Waals surface area (Å²) in [6.45, 7) is 4.74. The summed E-state index contributed by atoms with van der Waals surface area (Å²) in [6, 6.07) is 0.444. The third kappa shape index (κ3) is 3.93. The molecule has 3 heteroatoms. The maximum Gasteiger partial charge on any atom is 0.298 e. The Labute approximate surface area is 92.2 Å². The molecule has 1 heterocycles. The van der Waals surface area contributed by atoms with Crippen molar-refractivity contribution in [3.05, 3.63) is 0 Å². The van der Waals surface area contributed by atoms with E-state index < -0.39 is 0 Å². The van der Waals surface area contributed by atoms with Crippen molar-refractivity contribution in [2.75, 3.05) is 19.6 Å². The van der Waals surface area contributed by atoms with Gasteiger partial charge in [-0.2, -0.15) is 0 Å². The fourth-order valence-electron chi connectivity index (χ4n) is 1.89. The molecule has 0 aromatic rings. The zero-order chi connectivity index (χ0) is 11.1. The first kappa shape index (κ1) is 12.1. The summed E-state index contributed by atoms with van der Waals surface area (Å²) in [4.78, 5) is 13.3. The Bertz CT molecular complexity index is 238. The number of amides is 1. The van der Waals surface area contributed by atoms with Gasteiger partial charge in [-0.15, -0.1) is 6.42 Å². The Balaban J connectivity index is 2.40. The Kier molecular flexibility index (Phi) is 5.20. The molecule has 15 heavy (non-hydrogen) atoms.